The Labute approximate surface area is 464 Å². The molecule has 80 heavy (non-hydrogen) atoms. The van der Waals surface area contributed by atoms with E-state index in [4.69, 9.17) is 20.2 Å². The van der Waals surface area contributed by atoms with Crippen LogP contribution in [-0.2, 0) is 51.4 Å². The molecule has 1 saturated heterocycles. The summed E-state index contributed by atoms with van der Waals surface area (Å²) in [6.07, 6.45) is 3.09. The van der Waals surface area contributed by atoms with E-state index in [0.29, 0.717) is 69.5 Å². The largest absolute Gasteiger partial charge is 0.445 e. The standard InChI is InChI=1S/C56H77F3N10O11/c1-34(2)48(64-45(72)12-8-7-9-25-67-46(73)19-20-47(67)74)44(71)29-38(11-10-24-61-54(60)77)52(75)62-40-16-13-37(14-17-40)33-80-55(78)63-41(31-57)21-26-68(53(76)35(3)70)49(56(4,5)6)51-65-50(42-30-39(58)15-18-43(42)59)66-69(51)32-36-22-27-79-28-23-36/h13-20,30,34-36,38,41,48-49,70H,7-12,21-29,31-33H2,1-6H3,(H,62,75)(H,63,78)(H,64,72)(H3,60,61,77)/t35-,38+,41-,48-,49-/m0/s1. The van der Waals surface area contributed by atoms with Gasteiger partial charge >= 0.3 is 12.1 Å². The van der Waals surface area contributed by atoms with E-state index in [2.05, 4.69) is 26.4 Å². The second kappa shape index (κ2) is 30.4. The summed E-state index contributed by atoms with van der Waals surface area (Å²) in [5.74, 6) is -5.14. The maximum atomic E-state index is 15.2. The van der Waals surface area contributed by atoms with Crippen LogP contribution in [0.2, 0.25) is 0 Å². The Kier molecular flexibility index (Phi) is 24.2. The molecule has 5 rings (SSSR count). The number of alkyl carbamates (subject to hydrolysis) is 1. The van der Waals surface area contributed by atoms with Crippen molar-refractivity contribution < 1.29 is 66.1 Å². The van der Waals surface area contributed by atoms with Crippen LogP contribution in [0, 0.1) is 34.8 Å². The van der Waals surface area contributed by atoms with Crippen molar-refractivity contribution in [1.82, 2.24) is 40.5 Å². The number of nitrogens with two attached hydrogens (primary N) is 1. The summed E-state index contributed by atoms with van der Waals surface area (Å²) in [4.78, 5) is 110. The quantitative estimate of drug-likeness (QED) is 0.0321. The molecule has 8 amide bonds. The summed E-state index contributed by atoms with van der Waals surface area (Å²) < 4.78 is 56.9. The van der Waals surface area contributed by atoms with Gasteiger partial charge in [0.2, 0.25) is 11.8 Å². The fraction of sp³-hybridized carbons (Fsp3) is 0.571. The number of anilines is 1. The minimum atomic E-state index is -1.51. The number of aliphatic hydroxyl groups excluding tert-OH is 1. The third-order valence-corrected chi connectivity index (χ3v) is 13.8. The summed E-state index contributed by atoms with van der Waals surface area (Å²) >= 11 is 0. The Hall–Kier alpha value is -7.21. The van der Waals surface area contributed by atoms with Crippen molar-refractivity contribution in [2.45, 2.75) is 143 Å². The number of halogens is 3. The van der Waals surface area contributed by atoms with Gasteiger partial charge in [-0.25, -0.2) is 32.4 Å². The maximum absolute atomic E-state index is 15.2. The first-order valence-corrected chi connectivity index (χ1v) is 27.2. The lowest BCUT2D eigenvalue weighted by Crippen LogP contribution is -2.48. The van der Waals surface area contributed by atoms with E-state index in [1.54, 1.807) is 42.8 Å². The average molecular weight is 1120 g/mol. The molecule has 7 N–H and O–H groups in total. The lowest BCUT2D eigenvalue weighted by molar-refractivity contribution is -0.145. The molecule has 24 heteroatoms. The molecular formula is C56H77F3N10O11. The molecule has 0 bridgehead atoms. The van der Waals surface area contributed by atoms with Gasteiger partial charge in [-0.2, -0.15) is 5.10 Å². The Morgan fingerprint density at radius 1 is 0.925 bits per heavy atom. The van der Waals surface area contributed by atoms with E-state index in [9.17, 15) is 52.2 Å². The van der Waals surface area contributed by atoms with Crippen molar-refractivity contribution in [1.29, 1.82) is 0 Å². The highest BCUT2D eigenvalue weighted by Crippen LogP contribution is 2.40. The van der Waals surface area contributed by atoms with Gasteiger partial charge in [0.25, 0.3) is 17.7 Å². The second-order valence-electron chi connectivity index (χ2n) is 21.7. The van der Waals surface area contributed by atoms with Gasteiger partial charge in [-0.1, -0.05) is 53.2 Å². The van der Waals surface area contributed by atoms with Gasteiger partial charge in [0.1, 0.15) is 31.0 Å². The molecule has 0 saturated carbocycles. The zero-order valence-corrected chi connectivity index (χ0v) is 46.4. The van der Waals surface area contributed by atoms with Crippen molar-refractivity contribution in [2.24, 2.45) is 28.9 Å². The summed E-state index contributed by atoms with van der Waals surface area (Å²) in [6.45, 7) is 10.6. The minimum absolute atomic E-state index is 0.0785. The van der Waals surface area contributed by atoms with E-state index in [1.165, 1.54) is 24.0 Å². The number of hydrogen-bond acceptors (Lipinski definition) is 13. The molecule has 21 nitrogen and oxygen atoms in total. The summed E-state index contributed by atoms with van der Waals surface area (Å²) in [6, 6.07) is 5.47. The number of benzene rings is 2. The number of ether oxygens (including phenoxy) is 2. The molecule has 3 heterocycles. The van der Waals surface area contributed by atoms with Gasteiger partial charge < -0.3 is 46.5 Å². The van der Waals surface area contributed by atoms with Crippen LogP contribution in [0.25, 0.3) is 11.4 Å². The SMILES string of the molecule is CC(C)[C@H](NC(=O)CCCCCN1C(=O)C=CC1=O)C(=O)C[C@@H](CCCNC(N)=O)C(=O)Nc1ccc(COC(=O)N[C@H](CF)CCN(C(=O)[C@H](C)O)[C@@H](c2nc(-c3cc(F)ccc3F)nn2CC2CCOCC2)C(C)(C)C)cc1. The highest BCUT2D eigenvalue weighted by Gasteiger charge is 2.41. The minimum Gasteiger partial charge on any atom is -0.445 e. The fourth-order valence-corrected chi connectivity index (χ4v) is 9.52. The summed E-state index contributed by atoms with van der Waals surface area (Å²) in [5, 5.41) is 25.9. The fourth-order valence-electron chi connectivity index (χ4n) is 9.52. The number of alkyl halides is 1. The summed E-state index contributed by atoms with van der Waals surface area (Å²) in [7, 11) is 0. The molecule has 438 valence electrons. The molecule has 5 atom stereocenters. The van der Waals surface area contributed by atoms with Crippen LogP contribution in [0.3, 0.4) is 0 Å². The van der Waals surface area contributed by atoms with Crippen LogP contribution in [0.15, 0.2) is 54.6 Å². The van der Waals surface area contributed by atoms with E-state index in [0.717, 1.165) is 23.1 Å². The molecule has 3 aromatic rings. The number of rotatable bonds is 30. The molecule has 2 aromatic carbocycles. The normalized spacial score (nSPS) is 15.7. The van der Waals surface area contributed by atoms with Crippen molar-refractivity contribution in [3.05, 3.63) is 77.6 Å². The number of carbonyl (C=O) groups excluding carboxylic acids is 8. The highest BCUT2D eigenvalue weighted by molar-refractivity contribution is 6.12. The number of urea groups is 1. The maximum Gasteiger partial charge on any atom is 0.407 e. The van der Waals surface area contributed by atoms with Gasteiger partial charge in [0.15, 0.2) is 17.4 Å². The topological polar surface area (TPSA) is 287 Å². The van der Waals surface area contributed by atoms with E-state index >= 15 is 4.39 Å². The number of nitrogens with zero attached hydrogens (tertiary/aromatic N) is 5. The number of ketones is 1. The first kappa shape index (κ1) is 63.6. The monoisotopic (exact) mass is 1120 g/mol. The zero-order chi connectivity index (χ0) is 58.7. The van der Waals surface area contributed by atoms with E-state index < -0.39 is 77.8 Å². The molecule has 2 aliphatic rings. The Balaban J connectivity index is 1.19. The number of aromatic nitrogens is 3. The van der Waals surface area contributed by atoms with Crippen molar-refractivity contribution >= 4 is 53.1 Å². The molecule has 0 spiro atoms. The van der Waals surface area contributed by atoms with Crippen molar-refractivity contribution in [3.63, 3.8) is 0 Å². The number of imide groups is 1. The third kappa shape index (κ3) is 19.3. The van der Waals surface area contributed by atoms with E-state index in [-0.39, 0.29) is 104 Å². The number of nitrogens with one attached hydrogen (secondary N) is 4. The predicted molar refractivity (Wildman–Crippen MR) is 288 cm³/mol. The van der Waals surface area contributed by atoms with Crippen LogP contribution < -0.4 is 27.0 Å². The first-order valence-electron chi connectivity index (χ1n) is 27.2. The lowest BCUT2D eigenvalue weighted by Gasteiger charge is -2.41. The van der Waals surface area contributed by atoms with Crippen LogP contribution in [0.5, 0.6) is 0 Å². The van der Waals surface area contributed by atoms with Crippen LogP contribution in [0.1, 0.15) is 123 Å². The average Bonchev–Trinajstić information content (AvgIpc) is 4.03. The smallest absolute Gasteiger partial charge is 0.407 e. The van der Waals surface area contributed by atoms with Crippen molar-refractivity contribution in [2.75, 3.05) is 44.8 Å². The number of unbranched alkanes of at least 4 members (excludes halogenated alkanes) is 2. The number of hydrogen-bond donors (Lipinski definition) is 6. The molecule has 1 fully saturated rings. The van der Waals surface area contributed by atoms with Gasteiger partial charge in [-0.05, 0) is 105 Å². The first-order chi connectivity index (χ1) is 37.9. The van der Waals surface area contributed by atoms with Crippen molar-refractivity contribution in [3.8, 4) is 11.4 Å². The summed E-state index contributed by atoms with van der Waals surface area (Å²) in [5.41, 5.74) is 5.05. The molecule has 2 aliphatic heterocycles. The number of carbonyl (C=O) groups is 8. The molecule has 0 unspecified atom stereocenters. The Bertz CT molecular complexity index is 2640. The van der Waals surface area contributed by atoms with Gasteiger partial charge in [-0.3, -0.25) is 33.7 Å². The van der Waals surface area contributed by atoms with Crippen LogP contribution in [-0.4, -0.2) is 135 Å². The number of amides is 8. The van der Waals surface area contributed by atoms with Gasteiger partial charge in [-0.15, -0.1) is 0 Å². The van der Waals surface area contributed by atoms with Gasteiger partial charge in [0, 0.05) is 76.0 Å². The van der Waals surface area contributed by atoms with Gasteiger partial charge in [0.05, 0.1) is 23.7 Å². The molecule has 1 aromatic heterocycles. The predicted octanol–water partition coefficient (Wildman–Crippen LogP) is 6.19. The second-order valence-corrected chi connectivity index (χ2v) is 21.7. The highest BCUT2D eigenvalue weighted by atomic mass is 19.1. The third-order valence-electron chi connectivity index (χ3n) is 13.8. The molecule has 0 aliphatic carbocycles. The van der Waals surface area contributed by atoms with E-state index in [1.807, 2.05) is 20.8 Å². The number of aliphatic hydroxyl groups is 1. The van der Waals surface area contributed by atoms with Crippen LogP contribution >= 0.6 is 0 Å². The lowest BCUT2D eigenvalue weighted by atomic mass is 9.84. The Morgan fingerprint density at radius 3 is 2.24 bits per heavy atom. The molecular weight excluding hydrogens is 1050 g/mol. The zero-order valence-electron chi connectivity index (χ0n) is 46.4. The number of Topliss-reactive ketones (excluding diaryl/α,β-unsaturated/α-hetero) is 1. The van der Waals surface area contributed by atoms with Crippen LogP contribution in [0.4, 0.5) is 28.4 Å². The Morgan fingerprint density at radius 2 is 1.61 bits per heavy atom. The number of primary amides is 1. The molecule has 0 radical (unpaired) electrons.